The average molecular weight is 298 g/mol. The first-order valence-corrected chi connectivity index (χ1v) is 7.94. The first-order valence-electron chi connectivity index (χ1n) is 7.94. The maximum Gasteiger partial charge on any atom is 0.0831 e. The first-order chi connectivity index (χ1) is 11.4. The maximum absolute atomic E-state index is 4.94. The molecule has 4 rings (SSSR count). The van der Waals surface area contributed by atoms with E-state index in [0.717, 1.165) is 17.8 Å². The van der Waals surface area contributed by atoms with E-state index in [4.69, 9.17) is 5.10 Å². The molecule has 2 heteroatoms. The zero-order chi connectivity index (χ0) is 15.5. The monoisotopic (exact) mass is 298 g/mol. The summed E-state index contributed by atoms with van der Waals surface area (Å²) in [6.07, 6.45) is 0.920. The molecule has 0 unspecified atom stereocenters. The lowest BCUT2D eigenvalue weighted by Gasteiger charge is -2.23. The molecule has 0 amide bonds. The molecule has 3 aromatic carbocycles. The van der Waals surface area contributed by atoms with E-state index < -0.39 is 0 Å². The van der Waals surface area contributed by atoms with Crippen molar-refractivity contribution in [2.75, 3.05) is 5.01 Å². The van der Waals surface area contributed by atoms with Gasteiger partial charge in [-0.05, 0) is 23.3 Å². The molecular weight excluding hydrogens is 280 g/mol. The Labute approximate surface area is 136 Å². The SMILES string of the molecule is c1ccc(C2=NN(c3ccccc3)[C@H](c3ccccc3)C2)cc1. The van der Waals surface area contributed by atoms with E-state index in [9.17, 15) is 0 Å². The number of rotatable bonds is 3. The highest BCUT2D eigenvalue weighted by Crippen LogP contribution is 2.36. The minimum absolute atomic E-state index is 0.244. The van der Waals surface area contributed by atoms with Crippen molar-refractivity contribution in [3.63, 3.8) is 0 Å². The van der Waals surface area contributed by atoms with Gasteiger partial charge in [-0.25, -0.2) is 0 Å². The summed E-state index contributed by atoms with van der Waals surface area (Å²) < 4.78 is 0. The van der Waals surface area contributed by atoms with E-state index in [1.165, 1.54) is 11.1 Å². The van der Waals surface area contributed by atoms with Crippen LogP contribution in [0.5, 0.6) is 0 Å². The molecule has 0 aliphatic carbocycles. The lowest BCUT2D eigenvalue weighted by atomic mass is 9.98. The zero-order valence-corrected chi connectivity index (χ0v) is 12.8. The van der Waals surface area contributed by atoms with Gasteiger partial charge in [0.25, 0.3) is 0 Å². The van der Waals surface area contributed by atoms with Crippen molar-refractivity contribution in [1.82, 2.24) is 0 Å². The topological polar surface area (TPSA) is 15.6 Å². The van der Waals surface area contributed by atoms with E-state index >= 15 is 0 Å². The van der Waals surface area contributed by atoms with Gasteiger partial charge in [-0.2, -0.15) is 5.10 Å². The quantitative estimate of drug-likeness (QED) is 0.661. The molecule has 0 saturated carbocycles. The van der Waals surface area contributed by atoms with Gasteiger partial charge in [0.1, 0.15) is 0 Å². The molecule has 0 spiro atoms. The number of anilines is 1. The van der Waals surface area contributed by atoms with Crippen LogP contribution in [-0.4, -0.2) is 5.71 Å². The van der Waals surface area contributed by atoms with Crippen molar-refractivity contribution in [2.45, 2.75) is 12.5 Å². The van der Waals surface area contributed by atoms with Crippen LogP contribution in [0.3, 0.4) is 0 Å². The van der Waals surface area contributed by atoms with Crippen LogP contribution < -0.4 is 5.01 Å². The van der Waals surface area contributed by atoms with Crippen molar-refractivity contribution >= 4 is 11.4 Å². The molecule has 1 heterocycles. The summed E-state index contributed by atoms with van der Waals surface area (Å²) in [6, 6.07) is 31.7. The largest absolute Gasteiger partial charge is 0.257 e. The van der Waals surface area contributed by atoms with Crippen LogP contribution in [0.2, 0.25) is 0 Å². The predicted octanol–water partition coefficient (Wildman–Crippen LogP) is 5.04. The van der Waals surface area contributed by atoms with Gasteiger partial charge in [0.05, 0.1) is 17.4 Å². The highest BCUT2D eigenvalue weighted by Gasteiger charge is 2.29. The summed E-state index contributed by atoms with van der Waals surface area (Å²) in [7, 11) is 0. The van der Waals surface area contributed by atoms with Crippen molar-refractivity contribution in [2.24, 2.45) is 5.10 Å². The van der Waals surface area contributed by atoms with Gasteiger partial charge in [-0.3, -0.25) is 5.01 Å². The maximum atomic E-state index is 4.94. The summed E-state index contributed by atoms with van der Waals surface area (Å²) in [4.78, 5) is 0. The number of hydrogen-bond donors (Lipinski definition) is 0. The number of hydrazone groups is 1. The Morgan fingerprint density at radius 2 is 1.26 bits per heavy atom. The van der Waals surface area contributed by atoms with Crippen molar-refractivity contribution in [1.29, 1.82) is 0 Å². The third kappa shape index (κ3) is 2.76. The second kappa shape index (κ2) is 6.09. The molecule has 0 radical (unpaired) electrons. The average Bonchev–Trinajstić information content (AvgIpc) is 3.09. The molecule has 1 aliphatic heterocycles. The Bertz CT molecular complexity index is 795. The fraction of sp³-hybridized carbons (Fsp3) is 0.0952. The van der Waals surface area contributed by atoms with E-state index in [-0.39, 0.29) is 6.04 Å². The summed E-state index contributed by atoms with van der Waals surface area (Å²) in [5.74, 6) is 0. The van der Waals surface area contributed by atoms with Crippen LogP contribution >= 0.6 is 0 Å². The van der Waals surface area contributed by atoms with Crippen LogP contribution in [-0.2, 0) is 0 Å². The first kappa shape index (κ1) is 13.8. The molecule has 0 bridgehead atoms. The van der Waals surface area contributed by atoms with Crippen molar-refractivity contribution in [3.05, 3.63) is 102 Å². The molecule has 112 valence electrons. The molecule has 1 atom stereocenters. The molecule has 0 saturated heterocycles. The van der Waals surface area contributed by atoms with Crippen molar-refractivity contribution in [3.8, 4) is 0 Å². The number of hydrogen-bond acceptors (Lipinski definition) is 2. The third-order valence-corrected chi connectivity index (χ3v) is 4.22. The van der Waals surface area contributed by atoms with Gasteiger partial charge in [0.2, 0.25) is 0 Å². The van der Waals surface area contributed by atoms with Gasteiger partial charge in [0.15, 0.2) is 0 Å². The second-order valence-electron chi connectivity index (χ2n) is 5.72. The van der Waals surface area contributed by atoms with Crippen LogP contribution in [0.25, 0.3) is 0 Å². The second-order valence-corrected chi connectivity index (χ2v) is 5.72. The lowest BCUT2D eigenvalue weighted by molar-refractivity contribution is 0.709. The summed E-state index contributed by atoms with van der Waals surface area (Å²) in [6.45, 7) is 0. The highest BCUT2D eigenvalue weighted by molar-refractivity contribution is 6.03. The van der Waals surface area contributed by atoms with E-state index in [1.54, 1.807) is 0 Å². The zero-order valence-electron chi connectivity index (χ0n) is 12.8. The highest BCUT2D eigenvalue weighted by atomic mass is 15.5. The van der Waals surface area contributed by atoms with Gasteiger partial charge >= 0.3 is 0 Å². The number of benzene rings is 3. The third-order valence-electron chi connectivity index (χ3n) is 4.22. The molecule has 1 aliphatic rings. The fourth-order valence-electron chi connectivity index (χ4n) is 3.07. The minimum atomic E-state index is 0.244. The van der Waals surface area contributed by atoms with E-state index in [1.807, 2.05) is 12.1 Å². The van der Waals surface area contributed by atoms with Crippen LogP contribution in [0.15, 0.2) is 96.1 Å². The van der Waals surface area contributed by atoms with Gasteiger partial charge in [-0.15, -0.1) is 0 Å². The molecular formula is C21H18N2. The van der Waals surface area contributed by atoms with E-state index in [2.05, 4.69) is 83.9 Å². The minimum Gasteiger partial charge on any atom is -0.257 e. The lowest BCUT2D eigenvalue weighted by Crippen LogP contribution is -2.18. The van der Waals surface area contributed by atoms with Crippen LogP contribution in [0.4, 0.5) is 5.69 Å². The molecule has 3 aromatic rings. The fourth-order valence-corrected chi connectivity index (χ4v) is 3.07. The molecule has 23 heavy (non-hydrogen) atoms. The predicted molar refractivity (Wildman–Crippen MR) is 95.7 cm³/mol. The van der Waals surface area contributed by atoms with Gasteiger partial charge in [-0.1, -0.05) is 78.9 Å². The van der Waals surface area contributed by atoms with Crippen LogP contribution in [0, 0.1) is 0 Å². The molecule has 0 fully saturated rings. The van der Waals surface area contributed by atoms with E-state index in [0.29, 0.717) is 0 Å². The Morgan fingerprint density at radius 3 is 1.91 bits per heavy atom. The molecule has 0 N–H and O–H groups in total. The molecule has 2 nitrogen and oxygen atoms in total. The van der Waals surface area contributed by atoms with Gasteiger partial charge < -0.3 is 0 Å². The van der Waals surface area contributed by atoms with Crippen molar-refractivity contribution < 1.29 is 0 Å². The smallest absolute Gasteiger partial charge is 0.0831 e. The standard InChI is InChI=1S/C21H18N2/c1-4-10-17(11-5-1)20-16-21(18-12-6-2-7-13-18)23(22-20)19-14-8-3-9-15-19/h1-15,21H,16H2/t21-/m0/s1. The Hall–Kier alpha value is -2.87. The normalized spacial score (nSPS) is 17.1. The Morgan fingerprint density at radius 1 is 0.696 bits per heavy atom. The molecule has 0 aromatic heterocycles. The van der Waals surface area contributed by atoms with Gasteiger partial charge in [0, 0.05) is 6.42 Å². The summed E-state index contributed by atoms with van der Waals surface area (Å²) >= 11 is 0. The Kier molecular flexibility index (Phi) is 3.65. The number of nitrogens with zero attached hydrogens (tertiary/aromatic N) is 2. The summed E-state index contributed by atoms with van der Waals surface area (Å²) in [5.41, 5.74) is 4.77. The number of para-hydroxylation sites is 1. The van der Waals surface area contributed by atoms with Crippen LogP contribution in [0.1, 0.15) is 23.6 Å². The summed E-state index contributed by atoms with van der Waals surface area (Å²) in [5, 5.41) is 7.09. The Balaban J connectivity index is 1.75.